The summed E-state index contributed by atoms with van der Waals surface area (Å²) in [4.78, 5) is 29.2. The van der Waals surface area contributed by atoms with E-state index < -0.39 is 0 Å². The van der Waals surface area contributed by atoms with E-state index in [-0.39, 0.29) is 24.1 Å². The van der Waals surface area contributed by atoms with Crippen molar-refractivity contribution in [1.29, 1.82) is 0 Å². The average molecular weight is 453 g/mol. The maximum Gasteiger partial charge on any atom is 0.317 e. The van der Waals surface area contributed by atoms with Gasteiger partial charge in [0.1, 0.15) is 5.75 Å². The molecular formula is C26H36N4O3. The zero-order valence-corrected chi connectivity index (χ0v) is 20.1. The Kier molecular flexibility index (Phi) is 8.72. The third kappa shape index (κ3) is 7.22. The molecule has 2 aromatic rings. The number of benzene rings is 2. The molecule has 3 amide bonds. The summed E-state index contributed by atoms with van der Waals surface area (Å²) in [5.41, 5.74) is 3.01. The molecule has 0 aliphatic carbocycles. The minimum Gasteiger partial charge on any atom is -0.491 e. The van der Waals surface area contributed by atoms with Crippen molar-refractivity contribution in [3.8, 4) is 5.75 Å². The van der Waals surface area contributed by atoms with Gasteiger partial charge in [-0.2, -0.15) is 0 Å². The summed E-state index contributed by atoms with van der Waals surface area (Å²) < 4.78 is 5.76. The number of carbonyl (C=O) groups is 2. The Morgan fingerprint density at radius 3 is 2.42 bits per heavy atom. The molecule has 7 nitrogen and oxygen atoms in total. The van der Waals surface area contributed by atoms with Crippen LogP contribution in [0.3, 0.4) is 0 Å². The molecule has 1 fully saturated rings. The fourth-order valence-corrected chi connectivity index (χ4v) is 3.94. The Morgan fingerprint density at radius 2 is 1.73 bits per heavy atom. The predicted octanol–water partition coefficient (Wildman–Crippen LogP) is 4.06. The first kappa shape index (κ1) is 24.6. The Balaban J connectivity index is 1.45. The Morgan fingerprint density at radius 1 is 1.00 bits per heavy atom. The van der Waals surface area contributed by atoms with Gasteiger partial charge in [0, 0.05) is 31.9 Å². The molecule has 1 aliphatic heterocycles. The van der Waals surface area contributed by atoms with Crippen LogP contribution in [0, 0.1) is 0 Å². The molecule has 178 valence electrons. The van der Waals surface area contributed by atoms with Crippen molar-refractivity contribution in [3.63, 3.8) is 0 Å². The molecule has 7 heteroatoms. The maximum absolute atomic E-state index is 12.8. The van der Waals surface area contributed by atoms with Crippen LogP contribution in [-0.4, -0.2) is 60.6 Å². The van der Waals surface area contributed by atoms with Crippen LogP contribution in [-0.2, 0) is 11.2 Å². The quantitative estimate of drug-likeness (QED) is 0.633. The smallest absolute Gasteiger partial charge is 0.317 e. The van der Waals surface area contributed by atoms with E-state index in [1.807, 2.05) is 74.2 Å². The number of anilines is 1. The lowest BCUT2D eigenvalue weighted by molar-refractivity contribution is -0.117. The van der Waals surface area contributed by atoms with Crippen molar-refractivity contribution in [3.05, 3.63) is 59.7 Å². The van der Waals surface area contributed by atoms with Crippen molar-refractivity contribution in [2.75, 3.05) is 38.0 Å². The number of nitrogens with one attached hydrogen (secondary N) is 2. The Hall–Kier alpha value is -3.06. The fraction of sp³-hybridized carbons (Fsp3) is 0.462. The SMILES string of the molecule is CCc1ccccc1NC(=O)CN1CCN(C(=O)NC(C)c2cccc(OC(C)C)c2)CC1. The third-order valence-corrected chi connectivity index (χ3v) is 5.77. The number of aryl methyl sites for hydroxylation is 1. The second-order valence-electron chi connectivity index (χ2n) is 8.73. The van der Waals surface area contributed by atoms with E-state index >= 15 is 0 Å². The summed E-state index contributed by atoms with van der Waals surface area (Å²) in [7, 11) is 0. The average Bonchev–Trinajstić information content (AvgIpc) is 2.79. The largest absolute Gasteiger partial charge is 0.491 e. The number of hydrogen-bond acceptors (Lipinski definition) is 4. The Bertz CT molecular complexity index is 939. The molecule has 33 heavy (non-hydrogen) atoms. The standard InChI is InChI=1S/C26H36N4O3/c1-5-21-9-6-7-12-24(21)28-25(31)18-29-13-15-30(16-14-29)26(32)27-20(4)22-10-8-11-23(17-22)33-19(2)3/h6-12,17,19-20H,5,13-16,18H2,1-4H3,(H,27,32)(H,28,31). The zero-order chi connectivity index (χ0) is 23.8. The molecule has 1 aliphatic rings. The molecule has 1 atom stereocenters. The van der Waals surface area contributed by atoms with E-state index in [9.17, 15) is 9.59 Å². The van der Waals surface area contributed by atoms with Gasteiger partial charge in [0.2, 0.25) is 5.91 Å². The summed E-state index contributed by atoms with van der Waals surface area (Å²) in [5.74, 6) is 0.781. The highest BCUT2D eigenvalue weighted by molar-refractivity contribution is 5.93. The first-order valence-corrected chi connectivity index (χ1v) is 11.8. The van der Waals surface area contributed by atoms with Crippen LogP contribution in [0.2, 0.25) is 0 Å². The van der Waals surface area contributed by atoms with Gasteiger partial charge in [-0.05, 0) is 56.5 Å². The van der Waals surface area contributed by atoms with Crippen molar-refractivity contribution in [1.82, 2.24) is 15.1 Å². The summed E-state index contributed by atoms with van der Waals surface area (Å²) >= 11 is 0. The number of carbonyl (C=O) groups excluding carboxylic acids is 2. The van der Waals surface area contributed by atoms with Gasteiger partial charge in [0.05, 0.1) is 18.7 Å². The summed E-state index contributed by atoms with van der Waals surface area (Å²) in [6.07, 6.45) is 0.974. The minimum absolute atomic E-state index is 0.0223. The maximum atomic E-state index is 12.8. The molecule has 2 aromatic carbocycles. The second-order valence-corrected chi connectivity index (χ2v) is 8.73. The van der Waals surface area contributed by atoms with Crippen molar-refractivity contribution >= 4 is 17.6 Å². The monoisotopic (exact) mass is 452 g/mol. The normalized spacial score (nSPS) is 15.2. The van der Waals surface area contributed by atoms with Gasteiger partial charge in [-0.1, -0.05) is 37.3 Å². The van der Waals surface area contributed by atoms with Crippen LogP contribution >= 0.6 is 0 Å². The minimum atomic E-state index is -0.129. The fourth-order valence-electron chi connectivity index (χ4n) is 3.94. The number of hydrogen-bond donors (Lipinski definition) is 2. The molecule has 0 spiro atoms. The molecule has 1 heterocycles. The topological polar surface area (TPSA) is 73.9 Å². The van der Waals surface area contributed by atoms with E-state index in [2.05, 4.69) is 22.5 Å². The molecule has 0 aromatic heterocycles. The van der Waals surface area contributed by atoms with Crippen LogP contribution in [0.15, 0.2) is 48.5 Å². The lowest BCUT2D eigenvalue weighted by Crippen LogP contribution is -2.53. The highest BCUT2D eigenvalue weighted by Gasteiger charge is 2.24. The third-order valence-electron chi connectivity index (χ3n) is 5.77. The van der Waals surface area contributed by atoms with Crippen molar-refractivity contribution < 1.29 is 14.3 Å². The van der Waals surface area contributed by atoms with E-state index in [4.69, 9.17) is 4.74 Å². The van der Waals surface area contributed by atoms with Gasteiger partial charge in [0.15, 0.2) is 0 Å². The number of rotatable bonds is 8. The second kappa shape index (κ2) is 11.7. The highest BCUT2D eigenvalue weighted by atomic mass is 16.5. The number of ether oxygens (including phenoxy) is 1. The van der Waals surface area contributed by atoms with Gasteiger partial charge in [-0.3, -0.25) is 9.69 Å². The highest BCUT2D eigenvalue weighted by Crippen LogP contribution is 2.20. The summed E-state index contributed by atoms with van der Waals surface area (Å²) in [6, 6.07) is 15.5. The molecular weight excluding hydrogens is 416 g/mol. The zero-order valence-electron chi connectivity index (χ0n) is 20.1. The number of nitrogens with zero attached hydrogens (tertiary/aromatic N) is 2. The molecule has 0 saturated carbocycles. The van der Waals surface area contributed by atoms with Crippen molar-refractivity contribution in [2.24, 2.45) is 0 Å². The van der Waals surface area contributed by atoms with E-state index in [1.165, 1.54) is 0 Å². The lowest BCUT2D eigenvalue weighted by Gasteiger charge is -2.35. The molecule has 0 bridgehead atoms. The number of piperazine rings is 1. The first-order valence-electron chi connectivity index (χ1n) is 11.8. The number of amides is 3. The predicted molar refractivity (Wildman–Crippen MR) is 132 cm³/mol. The van der Waals surface area contributed by atoms with Crippen LogP contribution in [0.25, 0.3) is 0 Å². The van der Waals surface area contributed by atoms with Gasteiger partial charge in [0.25, 0.3) is 0 Å². The number of urea groups is 1. The van der Waals surface area contributed by atoms with E-state index in [1.54, 1.807) is 0 Å². The Labute approximate surface area is 197 Å². The molecule has 1 unspecified atom stereocenters. The van der Waals surface area contributed by atoms with Gasteiger partial charge < -0.3 is 20.3 Å². The van der Waals surface area contributed by atoms with Crippen molar-refractivity contribution in [2.45, 2.75) is 46.3 Å². The molecule has 3 rings (SSSR count). The summed E-state index contributed by atoms with van der Waals surface area (Å²) in [6.45, 7) is 10.9. The van der Waals surface area contributed by atoms with E-state index in [0.29, 0.717) is 32.7 Å². The van der Waals surface area contributed by atoms with Crippen LogP contribution in [0.5, 0.6) is 5.75 Å². The van der Waals surface area contributed by atoms with Crippen LogP contribution in [0.4, 0.5) is 10.5 Å². The first-order chi connectivity index (χ1) is 15.9. The van der Waals surface area contributed by atoms with E-state index in [0.717, 1.165) is 29.0 Å². The molecule has 2 N–H and O–H groups in total. The molecule has 1 saturated heterocycles. The molecule has 0 radical (unpaired) electrons. The summed E-state index contributed by atoms with van der Waals surface area (Å²) in [5, 5.41) is 6.10. The van der Waals surface area contributed by atoms with Gasteiger partial charge >= 0.3 is 6.03 Å². The van der Waals surface area contributed by atoms with Crippen LogP contribution < -0.4 is 15.4 Å². The van der Waals surface area contributed by atoms with Crippen LogP contribution in [0.1, 0.15) is 44.9 Å². The van der Waals surface area contributed by atoms with Gasteiger partial charge in [-0.15, -0.1) is 0 Å². The lowest BCUT2D eigenvalue weighted by atomic mass is 10.1. The van der Waals surface area contributed by atoms with Gasteiger partial charge in [-0.25, -0.2) is 4.79 Å². The number of para-hydroxylation sites is 1.